The Morgan fingerprint density at radius 2 is 1.57 bits per heavy atom. The van der Waals surface area contributed by atoms with Crippen molar-refractivity contribution < 1.29 is 17.9 Å². The molecule has 0 unspecified atom stereocenters. The molecule has 0 bridgehead atoms. The van der Waals surface area contributed by atoms with Crippen LogP contribution in [-0.2, 0) is 10.2 Å². The van der Waals surface area contributed by atoms with Crippen molar-refractivity contribution in [3.63, 3.8) is 0 Å². The fourth-order valence-electron chi connectivity index (χ4n) is 4.59. The number of piperidine rings is 2. The number of nitrogens with zero attached hydrogens (tertiary/aromatic N) is 2. The fourth-order valence-corrected chi connectivity index (χ4v) is 6.25. The van der Waals surface area contributed by atoms with Crippen molar-refractivity contribution in [3.8, 4) is 5.75 Å². The van der Waals surface area contributed by atoms with Gasteiger partial charge in [-0.1, -0.05) is 34.8 Å². The molecule has 2 aliphatic rings. The van der Waals surface area contributed by atoms with E-state index in [1.54, 1.807) is 18.2 Å². The number of carbonyl (C=O) groups excluding carboxylic acids is 1. The molecule has 1 amide bonds. The summed E-state index contributed by atoms with van der Waals surface area (Å²) >= 11 is 18.1. The van der Waals surface area contributed by atoms with E-state index >= 15 is 0 Å². The van der Waals surface area contributed by atoms with E-state index in [9.17, 15) is 13.2 Å². The van der Waals surface area contributed by atoms with Crippen molar-refractivity contribution in [1.82, 2.24) is 13.9 Å². The van der Waals surface area contributed by atoms with E-state index in [-0.39, 0.29) is 11.7 Å². The molecule has 190 valence electrons. The van der Waals surface area contributed by atoms with Crippen LogP contribution in [0.15, 0.2) is 36.4 Å². The lowest BCUT2D eigenvalue weighted by atomic mass is 10.00. The first-order valence-corrected chi connectivity index (χ1v) is 14.1. The first kappa shape index (κ1) is 26.5. The molecule has 1 N–H and O–H groups in total. The first-order chi connectivity index (χ1) is 16.6. The predicted octanol–water partition coefficient (Wildman–Crippen LogP) is 4.94. The Morgan fingerprint density at radius 3 is 2.20 bits per heavy atom. The quantitative estimate of drug-likeness (QED) is 0.542. The molecule has 0 saturated carbocycles. The highest BCUT2D eigenvalue weighted by Crippen LogP contribution is 2.34. The number of likely N-dealkylation sites (tertiary alicyclic amines) is 1. The highest BCUT2D eigenvalue weighted by molar-refractivity contribution is 7.87. The molecule has 2 aliphatic heterocycles. The molecule has 0 aromatic heterocycles. The van der Waals surface area contributed by atoms with Gasteiger partial charge in [0.15, 0.2) is 0 Å². The summed E-state index contributed by atoms with van der Waals surface area (Å²) in [5.41, 5.74) is 1.09. The van der Waals surface area contributed by atoms with E-state index in [1.165, 1.54) is 16.4 Å². The number of ether oxygens (including phenoxy) is 1. The lowest BCUT2D eigenvalue weighted by molar-refractivity contribution is 0.0581. The number of hydrogen-bond acceptors (Lipinski definition) is 5. The standard InChI is InChI=1S/C24H28Cl3N3O4S/c1-16-22(7-6-21(26)23(16)27)34-20-10-12-29(13-11-20)19-8-14-30(15-9-19)35(32,33)28-24(31)17-2-4-18(25)5-3-17/h2-7,19-20H,8-15H2,1H3,(H,28,31). The Balaban J connectivity index is 1.25. The van der Waals surface area contributed by atoms with Gasteiger partial charge in [-0.05, 0) is 69.0 Å². The largest absolute Gasteiger partial charge is 0.490 e. The summed E-state index contributed by atoms with van der Waals surface area (Å²) in [7, 11) is -3.91. The van der Waals surface area contributed by atoms with Crippen LogP contribution in [0.25, 0.3) is 0 Å². The average Bonchev–Trinajstić information content (AvgIpc) is 2.85. The van der Waals surface area contributed by atoms with Crippen LogP contribution in [-0.4, -0.2) is 61.9 Å². The van der Waals surface area contributed by atoms with Gasteiger partial charge in [-0.2, -0.15) is 12.7 Å². The van der Waals surface area contributed by atoms with Gasteiger partial charge in [-0.25, -0.2) is 4.72 Å². The van der Waals surface area contributed by atoms with Gasteiger partial charge >= 0.3 is 10.2 Å². The maximum Gasteiger partial charge on any atom is 0.304 e. The summed E-state index contributed by atoms with van der Waals surface area (Å²) in [4.78, 5) is 14.8. The van der Waals surface area contributed by atoms with E-state index in [1.807, 2.05) is 13.0 Å². The third-order valence-corrected chi connectivity index (χ3v) is 9.31. The summed E-state index contributed by atoms with van der Waals surface area (Å²) in [5, 5.41) is 1.52. The summed E-state index contributed by atoms with van der Waals surface area (Å²) in [6.45, 7) is 4.41. The minimum atomic E-state index is -3.91. The Kier molecular flexibility index (Phi) is 8.51. The number of carbonyl (C=O) groups is 1. The maximum atomic E-state index is 12.7. The monoisotopic (exact) mass is 559 g/mol. The lowest BCUT2D eigenvalue weighted by Crippen LogP contribution is -2.52. The maximum absolute atomic E-state index is 12.7. The Labute approximate surface area is 221 Å². The van der Waals surface area contributed by atoms with Crippen LogP contribution in [0.5, 0.6) is 5.75 Å². The zero-order valence-corrected chi connectivity index (χ0v) is 22.4. The molecular weight excluding hydrogens is 533 g/mol. The van der Waals surface area contributed by atoms with Crippen molar-refractivity contribution >= 4 is 50.9 Å². The van der Waals surface area contributed by atoms with Gasteiger partial charge in [-0.15, -0.1) is 0 Å². The average molecular weight is 561 g/mol. The van der Waals surface area contributed by atoms with Crippen LogP contribution in [0.2, 0.25) is 15.1 Å². The number of halogens is 3. The van der Waals surface area contributed by atoms with E-state index in [0.717, 1.165) is 37.2 Å². The van der Waals surface area contributed by atoms with Gasteiger partial charge in [0, 0.05) is 48.4 Å². The molecule has 2 fully saturated rings. The van der Waals surface area contributed by atoms with Crippen molar-refractivity contribution in [2.75, 3.05) is 26.2 Å². The zero-order valence-electron chi connectivity index (χ0n) is 19.3. The van der Waals surface area contributed by atoms with Crippen molar-refractivity contribution in [2.45, 2.75) is 44.8 Å². The molecule has 2 aromatic carbocycles. The van der Waals surface area contributed by atoms with Crippen LogP contribution >= 0.6 is 34.8 Å². The minimum absolute atomic E-state index is 0.103. The molecule has 2 aromatic rings. The molecule has 0 atom stereocenters. The summed E-state index contributed by atoms with van der Waals surface area (Å²) in [6, 6.07) is 10.0. The van der Waals surface area contributed by atoms with E-state index in [2.05, 4.69) is 9.62 Å². The molecule has 2 heterocycles. The van der Waals surface area contributed by atoms with Crippen LogP contribution in [0.1, 0.15) is 41.6 Å². The van der Waals surface area contributed by atoms with Gasteiger partial charge < -0.3 is 9.64 Å². The fraction of sp³-hybridized carbons (Fsp3) is 0.458. The second kappa shape index (κ2) is 11.2. The smallest absolute Gasteiger partial charge is 0.304 e. The van der Waals surface area contributed by atoms with Crippen LogP contribution in [0.3, 0.4) is 0 Å². The van der Waals surface area contributed by atoms with Gasteiger partial charge in [0.1, 0.15) is 11.9 Å². The van der Waals surface area contributed by atoms with E-state index < -0.39 is 16.1 Å². The van der Waals surface area contributed by atoms with Gasteiger partial charge in [0.05, 0.1) is 10.0 Å². The normalized spacial score (nSPS) is 19.0. The number of benzene rings is 2. The Morgan fingerprint density at radius 1 is 0.943 bits per heavy atom. The van der Waals surface area contributed by atoms with Crippen LogP contribution in [0, 0.1) is 6.92 Å². The number of nitrogens with one attached hydrogen (secondary N) is 1. The first-order valence-electron chi connectivity index (χ1n) is 11.6. The number of hydrogen-bond donors (Lipinski definition) is 1. The predicted molar refractivity (Wildman–Crippen MR) is 139 cm³/mol. The highest BCUT2D eigenvalue weighted by atomic mass is 35.5. The summed E-state index contributed by atoms with van der Waals surface area (Å²) in [6.07, 6.45) is 3.30. The second-order valence-electron chi connectivity index (χ2n) is 8.91. The summed E-state index contributed by atoms with van der Waals surface area (Å²) < 4.78 is 35.2. The topological polar surface area (TPSA) is 79.0 Å². The molecule has 7 nitrogen and oxygen atoms in total. The number of rotatable bonds is 6. The molecule has 11 heteroatoms. The molecule has 2 saturated heterocycles. The highest BCUT2D eigenvalue weighted by Gasteiger charge is 2.33. The summed E-state index contributed by atoms with van der Waals surface area (Å²) in [5.74, 6) is 0.0973. The molecular formula is C24H28Cl3N3O4S. The van der Waals surface area contributed by atoms with Gasteiger partial charge in [0.25, 0.3) is 5.91 Å². The Bertz CT molecular complexity index is 1160. The third-order valence-electron chi connectivity index (χ3n) is 6.67. The Hall–Kier alpha value is -1.55. The van der Waals surface area contributed by atoms with Crippen molar-refractivity contribution in [2.24, 2.45) is 0 Å². The van der Waals surface area contributed by atoms with E-state index in [4.69, 9.17) is 39.5 Å². The molecule has 35 heavy (non-hydrogen) atoms. The third kappa shape index (κ3) is 6.42. The SMILES string of the molecule is Cc1c(OC2CCN(C3CCN(S(=O)(=O)NC(=O)c4ccc(Cl)cc4)CC3)CC2)ccc(Cl)c1Cl. The molecule has 0 radical (unpaired) electrons. The second-order valence-corrected chi connectivity index (χ2v) is 11.8. The zero-order chi connectivity index (χ0) is 25.2. The van der Waals surface area contributed by atoms with Crippen molar-refractivity contribution in [1.29, 1.82) is 0 Å². The number of amides is 1. The van der Waals surface area contributed by atoms with Gasteiger partial charge in [-0.3, -0.25) is 4.79 Å². The minimum Gasteiger partial charge on any atom is -0.490 e. The van der Waals surface area contributed by atoms with E-state index in [0.29, 0.717) is 47.0 Å². The van der Waals surface area contributed by atoms with Crippen molar-refractivity contribution in [3.05, 3.63) is 62.6 Å². The van der Waals surface area contributed by atoms with Crippen LogP contribution in [0.4, 0.5) is 0 Å². The lowest BCUT2D eigenvalue weighted by Gasteiger charge is -2.41. The molecule has 0 aliphatic carbocycles. The van der Waals surface area contributed by atoms with Gasteiger partial charge in [0.2, 0.25) is 0 Å². The molecule has 4 rings (SSSR count). The van der Waals surface area contributed by atoms with Crippen LogP contribution < -0.4 is 9.46 Å². The molecule has 0 spiro atoms.